The number of rotatable bonds is 6. The van der Waals surface area contributed by atoms with Gasteiger partial charge in [0.15, 0.2) is 11.5 Å². The van der Waals surface area contributed by atoms with Gasteiger partial charge in [-0.1, -0.05) is 12.6 Å². The van der Waals surface area contributed by atoms with Crippen molar-refractivity contribution in [1.29, 1.82) is 0 Å². The molecule has 0 saturated heterocycles. The molecule has 2 aromatic carbocycles. The van der Waals surface area contributed by atoms with Gasteiger partial charge in [-0.3, -0.25) is 4.79 Å². The molecule has 0 radical (unpaired) electrons. The highest BCUT2D eigenvalue weighted by Gasteiger charge is 2.13. The summed E-state index contributed by atoms with van der Waals surface area (Å²) in [6.45, 7) is 7.51. The van der Waals surface area contributed by atoms with Crippen molar-refractivity contribution in [2.75, 3.05) is 14.2 Å². The lowest BCUT2D eigenvalue weighted by Crippen LogP contribution is -1.92. The minimum absolute atomic E-state index is 0. The Labute approximate surface area is 205 Å². The van der Waals surface area contributed by atoms with Gasteiger partial charge in [-0.2, -0.15) is 0 Å². The van der Waals surface area contributed by atoms with Crippen LogP contribution in [0, 0.1) is 0 Å². The third-order valence-electron chi connectivity index (χ3n) is 5.94. The van der Waals surface area contributed by atoms with E-state index in [-0.39, 0.29) is 13.2 Å². The van der Waals surface area contributed by atoms with Gasteiger partial charge >= 0.3 is 0 Å². The number of aromatic nitrogens is 3. The third kappa shape index (κ3) is 4.94. The van der Waals surface area contributed by atoms with E-state index >= 15 is 0 Å². The molecule has 0 N–H and O–H groups in total. The maximum Gasteiger partial charge on any atom is 0.168 e. The Bertz CT molecular complexity index is 1430. The molecular formula is C28H33N3O4. The first-order chi connectivity index (χ1) is 16.5. The summed E-state index contributed by atoms with van der Waals surface area (Å²) in [5, 5.41) is 5.91. The second-order valence-corrected chi connectivity index (χ2v) is 7.86. The molecule has 5 rings (SSSR count). The lowest BCUT2D eigenvalue weighted by molar-refractivity contribution is 0.101. The van der Waals surface area contributed by atoms with Gasteiger partial charge < -0.3 is 23.1 Å². The Morgan fingerprint density at radius 2 is 1.46 bits per heavy atom. The topological polar surface area (TPSA) is 71.4 Å². The average molecular weight is 476 g/mol. The van der Waals surface area contributed by atoms with Crippen molar-refractivity contribution in [3.63, 3.8) is 0 Å². The fraction of sp³-hybridized carbons (Fsp3) is 0.286. The second kappa shape index (κ2) is 11.0. The molecule has 0 saturated carbocycles. The van der Waals surface area contributed by atoms with Crippen LogP contribution < -0.4 is 9.47 Å². The van der Waals surface area contributed by atoms with E-state index in [9.17, 15) is 4.79 Å². The molecule has 3 heterocycles. The van der Waals surface area contributed by atoms with Crippen LogP contribution in [0.25, 0.3) is 33.1 Å². The minimum atomic E-state index is 0. The number of carbonyl (C=O) groups excluding carboxylic acids is 1. The standard InChI is InChI=1S/C14H14N2O2.C13H15NO2.CH4/c1-3-16-9-12(14-6-7-15-18-14)11-5-4-10(17-2)8-13(11)16;1-4-14-8-12(9(2)15)11-6-5-10(16-3)7-13(11)14;/h4-9H,3H2,1-2H3;5-8H,4H2,1-3H3;1H4. The lowest BCUT2D eigenvalue weighted by Gasteiger charge is -2.03. The molecule has 3 aromatic heterocycles. The van der Waals surface area contributed by atoms with Crippen molar-refractivity contribution in [3.05, 3.63) is 66.6 Å². The number of methoxy groups -OCH3 is 2. The molecule has 0 atom stereocenters. The number of carbonyl (C=O) groups is 1. The molecule has 7 nitrogen and oxygen atoms in total. The van der Waals surface area contributed by atoms with E-state index in [1.165, 1.54) is 0 Å². The van der Waals surface area contributed by atoms with E-state index in [4.69, 9.17) is 14.0 Å². The summed E-state index contributed by atoms with van der Waals surface area (Å²) < 4.78 is 20.0. The van der Waals surface area contributed by atoms with Crippen LogP contribution in [0.4, 0.5) is 0 Å². The minimum Gasteiger partial charge on any atom is -0.497 e. The van der Waals surface area contributed by atoms with Crippen molar-refractivity contribution < 1.29 is 18.8 Å². The summed E-state index contributed by atoms with van der Waals surface area (Å²) in [6.07, 6.45) is 5.66. The highest BCUT2D eigenvalue weighted by atomic mass is 16.5. The number of fused-ring (bicyclic) bond motifs is 2. The van der Waals surface area contributed by atoms with Crippen LogP contribution in [0.5, 0.6) is 11.5 Å². The van der Waals surface area contributed by atoms with Crippen LogP contribution in [-0.2, 0) is 13.1 Å². The van der Waals surface area contributed by atoms with Gasteiger partial charge in [0.05, 0.1) is 31.4 Å². The fourth-order valence-corrected chi connectivity index (χ4v) is 4.15. The molecule has 0 aliphatic rings. The number of ketones is 1. The number of Topliss-reactive ketones (excluding diaryl/α,β-unsaturated/α-hetero) is 1. The quantitative estimate of drug-likeness (QED) is 0.252. The Kier molecular flexibility index (Phi) is 8.02. The summed E-state index contributed by atoms with van der Waals surface area (Å²) in [5.74, 6) is 2.56. The van der Waals surface area contributed by atoms with Crippen molar-refractivity contribution >= 4 is 27.6 Å². The number of benzene rings is 2. The fourth-order valence-electron chi connectivity index (χ4n) is 4.15. The summed E-state index contributed by atoms with van der Waals surface area (Å²) in [5.41, 5.74) is 4.03. The van der Waals surface area contributed by atoms with E-state index in [1.807, 2.05) is 42.6 Å². The predicted octanol–water partition coefficient (Wildman–Crippen LogP) is 6.83. The lowest BCUT2D eigenvalue weighted by atomic mass is 10.1. The largest absolute Gasteiger partial charge is 0.497 e. The van der Waals surface area contributed by atoms with Gasteiger partial charge in [0.2, 0.25) is 0 Å². The van der Waals surface area contributed by atoms with E-state index in [0.717, 1.165) is 63.3 Å². The monoisotopic (exact) mass is 475 g/mol. The van der Waals surface area contributed by atoms with Crippen LogP contribution in [0.15, 0.2) is 65.6 Å². The van der Waals surface area contributed by atoms with Gasteiger partial charge in [-0.25, -0.2) is 0 Å². The van der Waals surface area contributed by atoms with E-state index in [0.29, 0.717) is 0 Å². The smallest absolute Gasteiger partial charge is 0.168 e. The molecule has 0 bridgehead atoms. The molecule has 7 heteroatoms. The van der Waals surface area contributed by atoms with Crippen molar-refractivity contribution in [1.82, 2.24) is 14.3 Å². The van der Waals surface area contributed by atoms with Crippen LogP contribution in [0.2, 0.25) is 0 Å². The third-order valence-corrected chi connectivity index (χ3v) is 5.94. The highest BCUT2D eigenvalue weighted by Crippen LogP contribution is 2.32. The zero-order valence-corrected chi connectivity index (χ0v) is 20.2. The van der Waals surface area contributed by atoms with Gasteiger partial charge in [0, 0.05) is 65.6 Å². The first-order valence-electron chi connectivity index (χ1n) is 11.3. The zero-order chi connectivity index (χ0) is 24.2. The van der Waals surface area contributed by atoms with E-state index < -0.39 is 0 Å². The predicted molar refractivity (Wildman–Crippen MR) is 141 cm³/mol. The maximum atomic E-state index is 11.5. The first-order valence-corrected chi connectivity index (χ1v) is 11.3. The van der Waals surface area contributed by atoms with Gasteiger partial charge in [-0.05, 0) is 45.0 Å². The molecule has 184 valence electrons. The van der Waals surface area contributed by atoms with Gasteiger partial charge in [0.1, 0.15) is 11.5 Å². The zero-order valence-electron chi connectivity index (χ0n) is 20.2. The van der Waals surface area contributed by atoms with Gasteiger partial charge in [-0.15, -0.1) is 0 Å². The normalized spacial score (nSPS) is 10.5. The Morgan fingerprint density at radius 3 is 1.97 bits per heavy atom. The number of aryl methyl sites for hydroxylation is 2. The molecule has 0 amide bonds. The molecule has 0 unspecified atom stereocenters. The van der Waals surface area contributed by atoms with Crippen LogP contribution in [-0.4, -0.2) is 34.3 Å². The van der Waals surface area contributed by atoms with E-state index in [2.05, 4.69) is 40.4 Å². The average Bonchev–Trinajstić information content (AvgIpc) is 3.60. The number of hydrogen-bond acceptors (Lipinski definition) is 5. The SMILES string of the molecule is C.CCn1cc(-c2ccno2)c2ccc(OC)cc21.CCn1cc(C(C)=O)c2ccc(OC)cc21. The van der Waals surface area contributed by atoms with E-state index in [1.54, 1.807) is 27.3 Å². The Hall–Kier alpha value is -4.00. The van der Waals surface area contributed by atoms with Gasteiger partial charge in [0.25, 0.3) is 0 Å². The summed E-state index contributed by atoms with van der Waals surface area (Å²) >= 11 is 0. The number of ether oxygens (including phenoxy) is 2. The van der Waals surface area contributed by atoms with Crippen LogP contribution >= 0.6 is 0 Å². The summed E-state index contributed by atoms with van der Waals surface area (Å²) in [6, 6.07) is 13.7. The summed E-state index contributed by atoms with van der Waals surface area (Å²) in [7, 11) is 3.32. The maximum absolute atomic E-state index is 11.5. The van der Waals surface area contributed by atoms with Crippen molar-refractivity contribution in [2.24, 2.45) is 0 Å². The van der Waals surface area contributed by atoms with Crippen LogP contribution in [0.1, 0.15) is 38.6 Å². The molecule has 0 aliphatic heterocycles. The molecule has 0 fully saturated rings. The second-order valence-electron chi connectivity index (χ2n) is 7.86. The molecule has 0 spiro atoms. The molecular weight excluding hydrogens is 442 g/mol. The van der Waals surface area contributed by atoms with Crippen molar-refractivity contribution in [3.8, 4) is 22.8 Å². The molecule has 35 heavy (non-hydrogen) atoms. The number of nitrogens with zero attached hydrogens (tertiary/aromatic N) is 3. The Balaban J connectivity index is 0.000000192. The van der Waals surface area contributed by atoms with Crippen molar-refractivity contribution in [2.45, 2.75) is 41.3 Å². The first kappa shape index (κ1) is 25.6. The molecule has 0 aliphatic carbocycles. The molecule has 5 aromatic rings. The van der Waals surface area contributed by atoms with Crippen LogP contribution in [0.3, 0.4) is 0 Å². The number of hydrogen-bond donors (Lipinski definition) is 0. The summed E-state index contributed by atoms with van der Waals surface area (Å²) in [4.78, 5) is 11.5. The highest BCUT2D eigenvalue weighted by molar-refractivity contribution is 6.07. The Morgan fingerprint density at radius 1 is 0.886 bits per heavy atom.